The van der Waals surface area contributed by atoms with Gasteiger partial charge in [-0.05, 0) is 82.7 Å². The normalized spacial score (nSPS) is 11.8. The highest BCUT2D eigenvalue weighted by Crippen LogP contribution is 2.34. The molecular weight excluding hydrogens is 717 g/mol. The summed E-state index contributed by atoms with van der Waals surface area (Å²) in [4.78, 5) is 38.4. The van der Waals surface area contributed by atoms with Gasteiger partial charge >= 0.3 is 5.97 Å². The summed E-state index contributed by atoms with van der Waals surface area (Å²) < 4.78 is 17.3. The average molecular weight is 734 g/mol. The molecule has 0 saturated carbocycles. The fraction of sp³-hybridized carbons (Fsp3) is 0.0345. The maximum atomic E-state index is 12.8. The predicted octanol–water partition coefficient (Wildman–Crippen LogP) is 7.48. The molecule has 1 aliphatic heterocycles. The topological polar surface area (TPSA) is 115 Å². The maximum absolute atomic E-state index is 12.8. The number of hydrazone groups is 1. The number of halogens is 4. The van der Waals surface area contributed by atoms with Gasteiger partial charge in [-0.1, -0.05) is 45.2 Å². The van der Waals surface area contributed by atoms with E-state index in [-0.39, 0.29) is 34.6 Å². The first-order valence-corrected chi connectivity index (χ1v) is 14.3. The SMILES string of the molecule is O=C(NN=Cc1cc(Br)cc(Br)c1OC(=O)c1ccc(Cl)cc1Cl)c1cccc(NC(=O)c2ccc3c(c2)OCO3)c1. The summed E-state index contributed by atoms with van der Waals surface area (Å²) in [7, 11) is 0. The predicted molar refractivity (Wildman–Crippen MR) is 165 cm³/mol. The van der Waals surface area contributed by atoms with Crippen LogP contribution < -0.4 is 25.0 Å². The number of nitrogens with one attached hydrogen (secondary N) is 2. The number of anilines is 1. The highest BCUT2D eigenvalue weighted by molar-refractivity contribution is 9.11. The van der Waals surface area contributed by atoms with Crippen LogP contribution >= 0.6 is 55.1 Å². The number of amides is 2. The molecule has 5 rings (SSSR count). The Morgan fingerprint density at radius 2 is 1.67 bits per heavy atom. The average Bonchev–Trinajstić information content (AvgIpc) is 3.43. The van der Waals surface area contributed by atoms with Crippen LogP contribution in [-0.2, 0) is 0 Å². The van der Waals surface area contributed by atoms with Crippen LogP contribution in [0.3, 0.4) is 0 Å². The van der Waals surface area contributed by atoms with Gasteiger partial charge in [0.1, 0.15) is 0 Å². The minimum Gasteiger partial charge on any atom is -0.454 e. The number of nitrogens with zero attached hydrogens (tertiary/aromatic N) is 1. The van der Waals surface area contributed by atoms with Crippen LogP contribution in [0.1, 0.15) is 36.6 Å². The van der Waals surface area contributed by atoms with Crippen LogP contribution in [0.4, 0.5) is 5.69 Å². The van der Waals surface area contributed by atoms with Gasteiger partial charge in [0.15, 0.2) is 17.2 Å². The third-order valence-electron chi connectivity index (χ3n) is 5.77. The molecule has 0 atom stereocenters. The number of ether oxygens (including phenoxy) is 3. The van der Waals surface area contributed by atoms with Crippen LogP contribution in [0.2, 0.25) is 10.0 Å². The van der Waals surface area contributed by atoms with Crippen LogP contribution in [0.25, 0.3) is 0 Å². The number of hydrogen-bond acceptors (Lipinski definition) is 7. The van der Waals surface area contributed by atoms with Gasteiger partial charge in [0.25, 0.3) is 11.8 Å². The summed E-state index contributed by atoms with van der Waals surface area (Å²) >= 11 is 18.9. The molecule has 42 heavy (non-hydrogen) atoms. The van der Waals surface area contributed by atoms with Gasteiger partial charge in [0.05, 0.1) is 21.3 Å². The Hall–Kier alpha value is -3.90. The molecule has 1 heterocycles. The van der Waals surface area contributed by atoms with Crippen molar-refractivity contribution in [3.63, 3.8) is 0 Å². The van der Waals surface area contributed by atoms with Gasteiger partial charge < -0.3 is 19.5 Å². The first-order valence-electron chi connectivity index (χ1n) is 12.0. The number of esters is 1. The molecule has 0 fully saturated rings. The molecule has 4 aromatic rings. The number of carbonyl (C=O) groups excluding carboxylic acids is 3. The van der Waals surface area contributed by atoms with Crippen LogP contribution in [0, 0.1) is 0 Å². The van der Waals surface area contributed by atoms with Crippen LogP contribution in [0.15, 0.2) is 86.8 Å². The number of hydrogen-bond donors (Lipinski definition) is 2. The molecule has 0 aliphatic carbocycles. The largest absolute Gasteiger partial charge is 0.454 e. The van der Waals surface area contributed by atoms with Gasteiger partial charge in [-0.3, -0.25) is 9.59 Å². The minimum absolute atomic E-state index is 0.101. The molecule has 0 spiro atoms. The Morgan fingerprint density at radius 1 is 0.881 bits per heavy atom. The third-order valence-corrected chi connectivity index (χ3v) is 7.36. The lowest BCUT2D eigenvalue weighted by molar-refractivity contribution is 0.0732. The smallest absolute Gasteiger partial charge is 0.345 e. The van der Waals surface area contributed by atoms with Crippen LogP contribution in [0.5, 0.6) is 17.2 Å². The van der Waals surface area contributed by atoms with E-state index in [0.29, 0.717) is 42.3 Å². The van der Waals surface area contributed by atoms with Gasteiger partial charge in [-0.25, -0.2) is 10.2 Å². The summed E-state index contributed by atoms with van der Waals surface area (Å²) in [6, 6.07) is 19.0. The van der Waals surface area contributed by atoms with Crippen molar-refractivity contribution in [2.75, 3.05) is 12.1 Å². The minimum atomic E-state index is -0.710. The van der Waals surface area contributed by atoms with Crippen molar-refractivity contribution in [2.24, 2.45) is 5.10 Å². The zero-order valence-electron chi connectivity index (χ0n) is 21.1. The number of rotatable bonds is 7. The molecule has 0 bridgehead atoms. The number of fused-ring (bicyclic) bond motifs is 1. The molecule has 0 radical (unpaired) electrons. The van der Waals surface area contributed by atoms with Crippen molar-refractivity contribution in [3.05, 3.63) is 114 Å². The molecule has 2 N–H and O–H groups in total. The first-order chi connectivity index (χ1) is 20.2. The Labute approximate surface area is 266 Å². The van der Waals surface area contributed by atoms with E-state index in [1.54, 1.807) is 48.5 Å². The zero-order chi connectivity index (χ0) is 29.8. The first kappa shape index (κ1) is 29.6. The highest BCUT2D eigenvalue weighted by Gasteiger charge is 2.19. The van der Waals surface area contributed by atoms with Crippen molar-refractivity contribution in [1.29, 1.82) is 0 Å². The fourth-order valence-corrected chi connectivity index (χ4v) is 5.62. The summed E-state index contributed by atoms with van der Waals surface area (Å²) in [6.45, 7) is 0.101. The molecule has 212 valence electrons. The van der Waals surface area contributed by atoms with Gasteiger partial charge in [0, 0.05) is 31.9 Å². The van der Waals surface area contributed by atoms with Crippen molar-refractivity contribution >= 4 is 84.7 Å². The van der Waals surface area contributed by atoms with E-state index in [4.69, 9.17) is 37.4 Å². The lowest BCUT2D eigenvalue weighted by Crippen LogP contribution is -2.18. The lowest BCUT2D eigenvalue weighted by atomic mass is 10.1. The Morgan fingerprint density at radius 3 is 2.48 bits per heavy atom. The molecule has 0 unspecified atom stereocenters. The maximum Gasteiger partial charge on any atom is 0.345 e. The second-order valence-electron chi connectivity index (χ2n) is 8.62. The molecule has 4 aromatic carbocycles. The molecule has 13 heteroatoms. The second kappa shape index (κ2) is 13.0. The summed E-state index contributed by atoms with van der Waals surface area (Å²) in [5.74, 6) is -0.425. The van der Waals surface area contributed by atoms with E-state index in [0.717, 1.165) is 0 Å². The third kappa shape index (κ3) is 6.93. The Bertz CT molecular complexity index is 1770. The Kier molecular flexibility index (Phi) is 9.12. The van der Waals surface area contributed by atoms with E-state index < -0.39 is 11.9 Å². The standard InChI is InChI=1S/C29H17Br2Cl2N3O6/c30-18-8-17(26(22(31)11-18)42-29(39)21-6-5-19(32)12-23(21)33)13-34-36-28(38)15-2-1-3-20(9-15)35-27(37)16-4-7-24-25(10-16)41-14-40-24/h1-13H,14H2,(H,35,37)(H,36,38). The summed E-state index contributed by atoms with van der Waals surface area (Å²) in [5.41, 5.74) is 3.95. The van der Waals surface area contributed by atoms with Gasteiger partial charge in [-0.15, -0.1) is 0 Å². The van der Waals surface area contributed by atoms with Gasteiger partial charge in [0.2, 0.25) is 6.79 Å². The van der Waals surface area contributed by atoms with E-state index in [1.807, 2.05) is 0 Å². The van der Waals surface area contributed by atoms with Crippen molar-refractivity contribution in [2.45, 2.75) is 0 Å². The van der Waals surface area contributed by atoms with Crippen molar-refractivity contribution in [1.82, 2.24) is 5.43 Å². The quantitative estimate of drug-likeness (QED) is 0.0881. The molecular formula is C29H17Br2Cl2N3O6. The monoisotopic (exact) mass is 731 g/mol. The zero-order valence-corrected chi connectivity index (χ0v) is 25.8. The number of carbonyl (C=O) groups is 3. The van der Waals surface area contributed by atoms with Crippen molar-refractivity contribution < 1.29 is 28.6 Å². The summed E-state index contributed by atoms with van der Waals surface area (Å²) in [5, 5.41) is 7.30. The van der Waals surface area contributed by atoms with E-state index >= 15 is 0 Å². The van der Waals surface area contributed by atoms with Crippen LogP contribution in [-0.4, -0.2) is 30.8 Å². The lowest BCUT2D eigenvalue weighted by Gasteiger charge is -2.11. The van der Waals surface area contributed by atoms with E-state index in [2.05, 4.69) is 47.7 Å². The van der Waals surface area contributed by atoms with E-state index in [9.17, 15) is 14.4 Å². The van der Waals surface area contributed by atoms with Gasteiger partial charge in [-0.2, -0.15) is 5.10 Å². The highest BCUT2D eigenvalue weighted by atomic mass is 79.9. The summed E-state index contributed by atoms with van der Waals surface area (Å²) in [6.07, 6.45) is 1.32. The fourth-order valence-electron chi connectivity index (χ4n) is 3.79. The Balaban J connectivity index is 1.27. The molecule has 0 aromatic heterocycles. The van der Waals surface area contributed by atoms with E-state index in [1.165, 1.54) is 30.5 Å². The number of benzene rings is 4. The molecule has 1 aliphatic rings. The molecule has 2 amide bonds. The molecule has 0 saturated heterocycles. The molecule has 9 nitrogen and oxygen atoms in total. The van der Waals surface area contributed by atoms with Crippen molar-refractivity contribution in [3.8, 4) is 17.2 Å². The second-order valence-corrected chi connectivity index (χ2v) is 11.2.